The van der Waals surface area contributed by atoms with E-state index in [0.717, 1.165) is 0 Å². The molecule has 23 heavy (non-hydrogen) atoms. The molecule has 0 atom stereocenters. The summed E-state index contributed by atoms with van der Waals surface area (Å²) in [7, 11) is 0. The third-order valence-corrected chi connectivity index (χ3v) is 3.37. The first-order valence-electron chi connectivity index (χ1n) is 6.58. The van der Waals surface area contributed by atoms with Gasteiger partial charge in [0, 0.05) is 22.3 Å². The van der Waals surface area contributed by atoms with Crippen LogP contribution >= 0.6 is 0 Å². The molecule has 0 N–H and O–H groups in total. The van der Waals surface area contributed by atoms with Crippen molar-refractivity contribution < 1.29 is 122 Å². The summed E-state index contributed by atoms with van der Waals surface area (Å²) in [5, 5.41) is 11.4. The molecule has 0 aromatic heterocycles. The van der Waals surface area contributed by atoms with Gasteiger partial charge in [0.2, 0.25) is 0 Å². The molecular weight excluding hydrogens is 346 g/mol. The van der Waals surface area contributed by atoms with E-state index in [9.17, 15) is 14.7 Å². The van der Waals surface area contributed by atoms with Crippen molar-refractivity contribution in [2.45, 2.75) is 6.42 Å². The Bertz CT molecular complexity index is 756. The quantitative estimate of drug-likeness (QED) is 0.355. The molecule has 0 radical (unpaired) electrons. The molecule has 0 saturated carbocycles. The Kier molecular flexibility index (Phi) is 8.85. The van der Waals surface area contributed by atoms with Gasteiger partial charge in [-0.2, -0.15) is 0 Å². The van der Waals surface area contributed by atoms with Crippen LogP contribution < -0.4 is 113 Å². The fourth-order valence-electron chi connectivity index (χ4n) is 2.39. The van der Waals surface area contributed by atoms with E-state index in [1.54, 1.807) is 18.2 Å². The molecule has 4 nitrogen and oxygen atoms in total. The van der Waals surface area contributed by atoms with E-state index in [1.165, 1.54) is 18.2 Å². The van der Waals surface area contributed by atoms with E-state index in [-0.39, 0.29) is 131 Å². The topological polar surface area (TPSA) is 66.4 Å². The molecule has 3 rings (SSSR count). The summed E-state index contributed by atoms with van der Waals surface area (Å²) >= 11 is 0. The van der Waals surface area contributed by atoms with Crippen LogP contribution in [0, 0.1) is 6.92 Å². The fraction of sp³-hybridized carbons (Fsp3) is 0.118. The normalized spacial score (nSPS) is 11.7. The van der Waals surface area contributed by atoms with Crippen LogP contribution in [0.1, 0.15) is 38.3 Å². The molecule has 1 aliphatic carbocycles. The Morgan fingerprint density at radius 3 is 2.04 bits per heavy atom. The molecule has 0 aliphatic heterocycles. The second-order valence-electron chi connectivity index (χ2n) is 4.78. The van der Waals surface area contributed by atoms with E-state index >= 15 is 0 Å². The van der Waals surface area contributed by atoms with Crippen LogP contribution in [0.5, 0.6) is 11.5 Å². The van der Waals surface area contributed by atoms with Crippen molar-refractivity contribution in [1.82, 2.24) is 0 Å². The maximum atomic E-state index is 12.5. The summed E-state index contributed by atoms with van der Waals surface area (Å²) in [5.41, 5.74) is 1.06. The molecule has 0 heterocycles. The molecule has 106 valence electrons. The van der Waals surface area contributed by atoms with Gasteiger partial charge in [-0.25, -0.2) is 0 Å². The van der Waals surface area contributed by atoms with E-state index in [2.05, 4.69) is 6.92 Å². The first-order chi connectivity index (χ1) is 10.1. The number of hydrogen-bond acceptors (Lipinski definition) is 4. The van der Waals surface area contributed by atoms with Crippen molar-refractivity contribution in [2.75, 3.05) is 6.61 Å². The van der Waals surface area contributed by atoms with Crippen LogP contribution in [0.3, 0.4) is 0 Å². The molecule has 2 aromatic carbocycles. The van der Waals surface area contributed by atoms with Gasteiger partial charge in [-0.05, 0) is 18.2 Å². The predicted molar refractivity (Wildman–Crippen MR) is 74.7 cm³/mol. The van der Waals surface area contributed by atoms with Crippen molar-refractivity contribution in [3.05, 3.63) is 65.6 Å². The Labute approximate surface area is 219 Å². The summed E-state index contributed by atoms with van der Waals surface area (Å²) in [6.45, 7) is 4.12. The Morgan fingerprint density at radius 1 is 0.870 bits per heavy atom. The van der Waals surface area contributed by atoms with Crippen molar-refractivity contribution in [2.24, 2.45) is 0 Å². The molecular formula is C17H12K2O4. The summed E-state index contributed by atoms with van der Waals surface area (Å²) in [6.07, 6.45) is 0.610. The number of carbonyl (C=O) groups is 2. The average molecular weight is 358 g/mol. The van der Waals surface area contributed by atoms with Crippen LogP contribution in [0.15, 0.2) is 36.4 Å². The Balaban J connectivity index is 0.00000132. The Hall–Kier alpha value is 0.653. The van der Waals surface area contributed by atoms with Crippen LogP contribution in [0.4, 0.5) is 0 Å². The van der Waals surface area contributed by atoms with Gasteiger partial charge < -0.3 is 16.8 Å². The fourth-order valence-corrected chi connectivity index (χ4v) is 2.39. The minimum absolute atomic E-state index is 0. The number of ketones is 2. The summed E-state index contributed by atoms with van der Waals surface area (Å²) in [5.74, 6) is -0.322. The molecule has 1 aliphatic rings. The van der Waals surface area contributed by atoms with Crippen LogP contribution in [0.2, 0.25) is 0 Å². The second kappa shape index (κ2) is 9.38. The van der Waals surface area contributed by atoms with Crippen LogP contribution in [-0.2, 0) is 0 Å². The minimum Gasteiger partial charge on any atom is -0.872 e. The molecule has 0 bridgehead atoms. The van der Waals surface area contributed by atoms with Crippen molar-refractivity contribution in [3.8, 4) is 11.5 Å². The monoisotopic (exact) mass is 358 g/mol. The molecule has 6 heteroatoms. The maximum absolute atomic E-state index is 12.5. The van der Waals surface area contributed by atoms with Crippen molar-refractivity contribution >= 4 is 11.6 Å². The predicted octanol–water partition coefficient (Wildman–Crippen LogP) is -3.85. The van der Waals surface area contributed by atoms with E-state index in [1.807, 2.05) is 0 Å². The van der Waals surface area contributed by atoms with Gasteiger partial charge in [0.15, 0.2) is 11.6 Å². The number of fused-ring (bicyclic) bond motifs is 2. The molecule has 0 unspecified atom stereocenters. The molecule has 0 spiro atoms. The smallest absolute Gasteiger partial charge is 0.872 e. The van der Waals surface area contributed by atoms with Gasteiger partial charge in [-0.3, -0.25) is 9.59 Å². The maximum Gasteiger partial charge on any atom is 1.00 e. The van der Waals surface area contributed by atoms with E-state index < -0.39 is 0 Å². The first kappa shape index (κ1) is 21.7. The standard InChI is InChI=1S/C17H13O4.2K/c1-2-7-21-11-4-6-13-15(9-11)17(20)12-5-3-10(18)8-14(12)16(13)19;;/h3-6,8-9,18H,1-2,7H2;;/q-1;2*+1/p-1. The SMILES string of the molecule is [CH2-]CCOc1ccc2c(c1)C(=O)c1ccc([O-])cc1C2=O.[K+].[K+]. The third-order valence-electron chi connectivity index (χ3n) is 3.37. The number of hydrogen-bond donors (Lipinski definition) is 0. The summed E-state index contributed by atoms with van der Waals surface area (Å²) in [4.78, 5) is 24.9. The van der Waals surface area contributed by atoms with Gasteiger partial charge in [0.25, 0.3) is 0 Å². The van der Waals surface area contributed by atoms with Gasteiger partial charge in [0.05, 0.1) is 6.61 Å². The van der Waals surface area contributed by atoms with Gasteiger partial charge >= 0.3 is 103 Å². The molecule has 2 aromatic rings. The number of benzene rings is 2. The van der Waals surface area contributed by atoms with E-state index in [4.69, 9.17) is 4.74 Å². The molecule has 0 saturated heterocycles. The zero-order chi connectivity index (χ0) is 15.0. The van der Waals surface area contributed by atoms with Gasteiger partial charge in [-0.15, -0.1) is 12.2 Å². The summed E-state index contributed by atoms with van der Waals surface area (Å²) < 4.78 is 5.44. The number of carbonyl (C=O) groups excluding carboxylic acids is 2. The van der Waals surface area contributed by atoms with Crippen LogP contribution in [-0.4, -0.2) is 18.2 Å². The van der Waals surface area contributed by atoms with Crippen molar-refractivity contribution in [3.63, 3.8) is 0 Å². The largest absolute Gasteiger partial charge is 1.00 e. The average Bonchev–Trinajstić information content (AvgIpc) is 2.50. The first-order valence-corrected chi connectivity index (χ1v) is 6.58. The van der Waals surface area contributed by atoms with Gasteiger partial charge in [-0.1, -0.05) is 18.2 Å². The molecule has 0 amide bonds. The zero-order valence-corrected chi connectivity index (χ0v) is 19.5. The Morgan fingerprint density at radius 2 is 1.43 bits per heavy atom. The zero-order valence-electron chi connectivity index (χ0n) is 13.2. The number of rotatable bonds is 3. The van der Waals surface area contributed by atoms with Crippen LogP contribution in [0.25, 0.3) is 0 Å². The second-order valence-corrected chi connectivity index (χ2v) is 4.78. The van der Waals surface area contributed by atoms with Gasteiger partial charge in [0.1, 0.15) is 5.75 Å². The third kappa shape index (κ3) is 4.44. The minimum atomic E-state index is -0.305. The van der Waals surface area contributed by atoms with Crippen molar-refractivity contribution in [1.29, 1.82) is 0 Å². The molecule has 0 fully saturated rings. The number of ether oxygens (including phenoxy) is 1. The van der Waals surface area contributed by atoms with E-state index in [0.29, 0.717) is 29.9 Å². The summed E-state index contributed by atoms with van der Waals surface area (Å²) in [6, 6.07) is 8.69.